The van der Waals surface area contributed by atoms with Crippen LogP contribution in [0.2, 0.25) is 0 Å². The summed E-state index contributed by atoms with van der Waals surface area (Å²) >= 11 is 0. The number of primary sulfonamides is 1. The number of benzene rings is 2. The van der Waals surface area contributed by atoms with Crippen molar-refractivity contribution in [1.29, 1.82) is 0 Å². The lowest BCUT2D eigenvalue weighted by Crippen LogP contribution is -2.32. The van der Waals surface area contributed by atoms with Gasteiger partial charge in [-0.2, -0.15) is 0 Å². The molecule has 0 saturated carbocycles. The number of sulfonamides is 1. The van der Waals surface area contributed by atoms with Crippen LogP contribution in [0.25, 0.3) is 0 Å². The van der Waals surface area contributed by atoms with Gasteiger partial charge in [-0.1, -0.05) is 18.2 Å². The molecule has 156 valence electrons. The summed E-state index contributed by atoms with van der Waals surface area (Å²) < 4.78 is 32.8. The Labute approximate surface area is 170 Å². The van der Waals surface area contributed by atoms with Crippen LogP contribution in [-0.4, -0.2) is 33.5 Å². The lowest BCUT2D eigenvalue weighted by atomic mass is 10.1. The number of carbonyl (C=O) groups excluding carboxylic acids is 2. The van der Waals surface area contributed by atoms with E-state index in [1.165, 1.54) is 12.1 Å². The highest BCUT2D eigenvalue weighted by Gasteiger charge is 2.14. The summed E-state index contributed by atoms with van der Waals surface area (Å²) in [5.41, 5.74) is 2.70. The normalized spacial score (nSPS) is 12.1. The minimum absolute atomic E-state index is 0.0162. The van der Waals surface area contributed by atoms with Crippen molar-refractivity contribution in [2.45, 2.75) is 31.7 Å². The van der Waals surface area contributed by atoms with E-state index in [0.29, 0.717) is 11.3 Å². The smallest absolute Gasteiger partial charge is 0.344 e. The number of hydrogen-bond acceptors (Lipinski definition) is 6. The van der Waals surface area contributed by atoms with Crippen LogP contribution in [0.3, 0.4) is 0 Å². The molecule has 0 aliphatic carbocycles. The molecule has 0 heterocycles. The van der Waals surface area contributed by atoms with E-state index in [-0.39, 0.29) is 11.5 Å². The fourth-order valence-corrected chi connectivity index (χ4v) is 3.17. The maximum Gasteiger partial charge on any atom is 0.344 e. The topological polar surface area (TPSA) is 125 Å². The third-order valence-corrected chi connectivity index (χ3v) is 4.93. The van der Waals surface area contributed by atoms with Gasteiger partial charge in [-0.25, -0.2) is 18.4 Å². The van der Waals surface area contributed by atoms with Crippen LogP contribution in [0.5, 0.6) is 5.75 Å². The summed E-state index contributed by atoms with van der Waals surface area (Å²) in [7, 11) is -3.77. The average molecular weight is 420 g/mol. The molecule has 29 heavy (non-hydrogen) atoms. The van der Waals surface area contributed by atoms with E-state index < -0.39 is 34.5 Å². The van der Waals surface area contributed by atoms with Crippen molar-refractivity contribution >= 4 is 21.9 Å². The first kappa shape index (κ1) is 22.4. The molecule has 1 atom stereocenters. The molecule has 2 aromatic rings. The molecule has 8 nitrogen and oxygen atoms in total. The molecule has 0 fully saturated rings. The standard InChI is InChI=1S/C20H24N2O6S/c1-13-8-14(2)10-17(9-13)27-12-20(24)28-11-19(23)22-15(3)16-4-6-18(7-5-16)29(21,25)26/h4-10,15H,11-12H2,1-3H3,(H,22,23)(H2,21,25,26)/t15-/m1/s1. The molecular weight excluding hydrogens is 396 g/mol. The summed E-state index contributed by atoms with van der Waals surface area (Å²) in [5, 5.41) is 7.71. The molecule has 0 aromatic heterocycles. The molecule has 3 N–H and O–H groups in total. The Morgan fingerprint density at radius 3 is 2.17 bits per heavy atom. The van der Waals surface area contributed by atoms with Gasteiger partial charge < -0.3 is 14.8 Å². The lowest BCUT2D eigenvalue weighted by Gasteiger charge is -2.15. The molecule has 0 spiro atoms. The van der Waals surface area contributed by atoms with E-state index in [0.717, 1.165) is 11.1 Å². The number of carbonyl (C=O) groups is 2. The fraction of sp³-hybridized carbons (Fsp3) is 0.300. The molecular formula is C20H24N2O6S. The van der Waals surface area contributed by atoms with Crippen LogP contribution in [0.4, 0.5) is 0 Å². The Hall–Kier alpha value is -2.91. The van der Waals surface area contributed by atoms with E-state index in [9.17, 15) is 18.0 Å². The van der Waals surface area contributed by atoms with Gasteiger partial charge in [-0.15, -0.1) is 0 Å². The van der Waals surface area contributed by atoms with E-state index in [1.54, 1.807) is 31.2 Å². The number of ether oxygens (including phenoxy) is 2. The van der Waals surface area contributed by atoms with Crippen molar-refractivity contribution in [1.82, 2.24) is 5.32 Å². The van der Waals surface area contributed by atoms with Gasteiger partial charge in [0.05, 0.1) is 10.9 Å². The maximum atomic E-state index is 12.0. The maximum absolute atomic E-state index is 12.0. The first-order chi connectivity index (χ1) is 13.5. The second kappa shape index (κ2) is 9.53. The van der Waals surface area contributed by atoms with Crippen molar-refractivity contribution in [3.05, 3.63) is 59.2 Å². The molecule has 0 aliphatic rings. The van der Waals surface area contributed by atoms with Gasteiger partial charge in [0.1, 0.15) is 5.75 Å². The monoisotopic (exact) mass is 420 g/mol. The van der Waals surface area contributed by atoms with Crippen LogP contribution in [-0.2, 0) is 24.3 Å². The van der Waals surface area contributed by atoms with E-state index in [2.05, 4.69) is 5.32 Å². The zero-order chi connectivity index (χ0) is 21.6. The van der Waals surface area contributed by atoms with Crippen LogP contribution >= 0.6 is 0 Å². The van der Waals surface area contributed by atoms with Crippen molar-refractivity contribution in [2.24, 2.45) is 5.14 Å². The predicted octanol–water partition coefficient (Wildman–Crippen LogP) is 1.75. The van der Waals surface area contributed by atoms with Crippen LogP contribution in [0.1, 0.15) is 29.7 Å². The zero-order valence-electron chi connectivity index (χ0n) is 16.5. The van der Waals surface area contributed by atoms with Crippen molar-refractivity contribution in [3.8, 4) is 5.75 Å². The molecule has 0 aliphatic heterocycles. The molecule has 0 unspecified atom stereocenters. The van der Waals surface area contributed by atoms with Gasteiger partial charge in [0.25, 0.3) is 5.91 Å². The number of amides is 1. The van der Waals surface area contributed by atoms with E-state index in [1.807, 2.05) is 19.9 Å². The van der Waals surface area contributed by atoms with Crippen LogP contribution in [0.15, 0.2) is 47.4 Å². The molecule has 2 rings (SSSR count). The fourth-order valence-electron chi connectivity index (χ4n) is 2.66. The Balaban J connectivity index is 1.79. The van der Waals surface area contributed by atoms with Crippen molar-refractivity contribution in [2.75, 3.05) is 13.2 Å². The SMILES string of the molecule is Cc1cc(C)cc(OCC(=O)OCC(=O)N[C@H](C)c2ccc(S(N)(=O)=O)cc2)c1. The number of nitrogens with one attached hydrogen (secondary N) is 1. The minimum atomic E-state index is -3.77. The number of aryl methyl sites for hydroxylation is 2. The highest BCUT2D eigenvalue weighted by Crippen LogP contribution is 2.17. The summed E-state index contributed by atoms with van der Waals surface area (Å²) in [6.45, 7) is 4.81. The third kappa shape index (κ3) is 7.20. The number of hydrogen-bond donors (Lipinski definition) is 2. The largest absolute Gasteiger partial charge is 0.482 e. The summed E-state index contributed by atoms with van der Waals surface area (Å²) in [4.78, 5) is 23.7. The number of esters is 1. The Morgan fingerprint density at radius 1 is 1.03 bits per heavy atom. The first-order valence-corrected chi connectivity index (χ1v) is 10.4. The van der Waals surface area contributed by atoms with Crippen LogP contribution in [0, 0.1) is 13.8 Å². The van der Waals surface area contributed by atoms with Gasteiger partial charge in [-0.05, 0) is 61.7 Å². The van der Waals surface area contributed by atoms with Crippen LogP contribution < -0.4 is 15.2 Å². The highest BCUT2D eigenvalue weighted by atomic mass is 32.2. The minimum Gasteiger partial charge on any atom is -0.482 e. The van der Waals surface area contributed by atoms with Gasteiger partial charge in [-0.3, -0.25) is 4.79 Å². The quantitative estimate of drug-likeness (QED) is 0.627. The summed E-state index contributed by atoms with van der Waals surface area (Å²) in [6, 6.07) is 11.0. The van der Waals surface area contributed by atoms with Gasteiger partial charge >= 0.3 is 5.97 Å². The van der Waals surface area contributed by atoms with Gasteiger partial charge in [0, 0.05) is 0 Å². The molecule has 1 amide bonds. The van der Waals surface area contributed by atoms with E-state index >= 15 is 0 Å². The first-order valence-electron chi connectivity index (χ1n) is 8.83. The summed E-state index contributed by atoms with van der Waals surface area (Å²) in [6.07, 6.45) is 0. The van der Waals surface area contributed by atoms with Gasteiger partial charge in [0.15, 0.2) is 13.2 Å². The second-order valence-corrected chi connectivity index (χ2v) is 8.24. The highest BCUT2D eigenvalue weighted by molar-refractivity contribution is 7.89. The molecule has 0 bridgehead atoms. The molecule has 0 saturated heterocycles. The number of rotatable bonds is 8. The van der Waals surface area contributed by atoms with Crippen molar-refractivity contribution < 1.29 is 27.5 Å². The lowest BCUT2D eigenvalue weighted by molar-refractivity contribution is -0.150. The zero-order valence-corrected chi connectivity index (χ0v) is 17.3. The molecule has 2 aromatic carbocycles. The Bertz CT molecular complexity index is 966. The third-order valence-electron chi connectivity index (χ3n) is 4.00. The van der Waals surface area contributed by atoms with Crippen molar-refractivity contribution in [3.63, 3.8) is 0 Å². The second-order valence-electron chi connectivity index (χ2n) is 6.68. The number of nitrogens with two attached hydrogens (primary N) is 1. The van der Waals surface area contributed by atoms with Gasteiger partial charge in [0.2, 0.25) is 10.0 Å². The Kier molecular flexibility index (Phi) is 7.35. The molecule has 9 heteroatoms. The Morgan fingerprint density at radius 2 is 1.62 bits per heavy atom. The van der Waals surface area contributed by atoms with E-state index in [4.69, 9.17) is 14.6 Å². The molecule has 0 radical (unpaired) electrons. The summed E-state index contributed by atoms with van der Waals surface area (Å²) in [5.74, 6) is -0.599. The average Bonchev–Trinajstić information content (AvgIpc) is 2.63. The predicted molar refractivity (Wildman–Crippen MR) is 107 cm³/mol.